The van der Waals surface area contributed by atoms with Crippen molar-refractivity contribution in [1.29, 1.82) is 0 Å². The number of amides is 2. The van der Waals surface area contributed by atoms with Crippen LogP contribution in [0, 0.1) is 5.92 Å². The van der Waals surface area contributed by atoms with Gasteiger partial charge >= 0.3 is 0 Å². The Labute approximate surface area is 213 Å². The number of carbonyl (C=O) groups is 3. The Morgan fingerprint density at radius 3 is 2.44 bits per heavy atom. The van der Waals surface area contributed by atoms with Gasteiger partial charge in [-0.1, -0.05) is 19.8 Å². The highest BCUT2D eigenvalue weighted by molar-refractivity contribution is 5.99. The zero-order chi connectivity index (χ0) is 25.2. The molecule has 5 rings (SSSR count). The molecule has 9 nitrogen and oxygen atoms in total. The molecule has 9 heteroatoms. The number of fused-ring (bicyclic) bond motifs is 1. The first-order chi connectivity index (χ1) is 17.5. The topological polar surface area (TPSA) is 91.4 Å². The van der Waals surface area contributed by atoms with Gasteiger partial charge in [-0.3, -0.25) is 14.4 Å². The Morgan fingerprint density at radius 2 is 1.81 bits per heavy atom. The molecule has 1 N–H and O–H groups in total. The summed E-state index contributed by atoms with van der Waals surface area (Å²) in [7, 11) is 1.57. The van der Waals surface area contributed by atoms with Crippen molar-refractivity contribution in [2.45, 2.75) is 56.9 Å². The molecule has 4 fully saturated rings. The lowest BCUT2D eigenvalue weighted by molar-refractivity contribution is -0.139. The van der Waals surface area contributed by atoms with E-state index >= 15 is 0 Å². The van der Waals surface area contributed by atoms with Crippen LogP contribution < -0.4 is 10.2 Å². The molecule has 0 unspecified atom stereocenters. The second-order valence-electron chi connectivity index (χ2n) is 10.4. The Kier molecular flexibility index (Phi) is 7.60. The van der Waals surface area contributed by atoms with Gasteiger partial charge in [0.2, 0.25) is 5.91 Å². The van der Waals surface area contributed by atoms with Crippen LogP contribution in [-0.2, 0) is 19.1 Å². The van der Waals surface area contributed by atoms with Crippen LogP contribution in [0.15, 0.2) is 24.3 Å². The summed E-state index contributed by atoms with van der Waals surface area (Å²) in [5.74, 6) is -0.488. The van der Waals surface area contributed by atoms with E-state index in [2.05, 4.69) is 22.0 Å². The van der Waals surface area contributed by atoms with Crippen LogP contribution in [0.1, 0.15) is 43.0 Å². The first-order valence-corrected chi connectivity index (χ1v) is 13.4. The molecule has 3 saturated heterocycles. The minimum absolute atomic E-state index is 0.000724. The van der Waals surface area contributed by atoms with Gasteiger partial charge in [-0.05, 0) is 49.6 Å². The molecule has 0 radical (unpaired) electrons. The number of hydrogen-bond donors (Lipinski definition) is 1. The monoisotopic (exact) mass is 498 g/mol. The van der Waals surface area contributed by atoms with Crippen molar-refractivity contribution in [2.24, 2.45) is 5.92 Å². The van der Waals surface area contributed by atoms with Crippen LogP contribution in [0.25, 0.3) is 0 Å². The SMILES string of the molecule is CCN1CCN(c2ccc(C(=O)N[C@H](C(=O)N3C[C@@H](OC)[C@H]4OCC(=O)[C@H]43)C3CCCC3)cc2)CC1. The van der Waals surface area contributed by atoms with Gasteiger partial charge in [-0.15, -0.1) is 0 Å². The average molecular weight is 499 g/mol. The molecule has 0 aromatic heterocycles. The van der Waals surface area contributed by atoms with Crippen LogP contribution in [0.2, 0.25) is 0 Å². The summed E-state index contributed by atoms with van der Waals surface area (Å²) in [4.78, 5) is 46.0. The summed E-state index contributed by atoms with van der Waals surface area (Å²) in [5, 5.41) is 3.05. The zero-order valence-electron chi connectivity index (χ0n) is 21.4. The molecule has 1 saturated carbocycles. The molecule has 3 heterocycles. The highest BCUT2D eigenvalue weighted by atomic mass is 16.5. The van der Waals surface area contributed by atoms with Crippen molar-refractivity contribution in [3.63, 3.8) is 0 Å². The van der Waals surface area contributed by atoms with Crippen LogP contribution >= 0.6 is 0 Å². The Balaban J connectivity index is 1.29. The molecule has 3 aliphatic heterocycles. The van der Waals surface area contributed by atoms with Crippen LogP contribution in [0.4, 0.5) is 5.69 Å². The average Bonchev–Trinajstić information content (AvgIpc) is 3.66. The van der Waals surface area contributed by atoms with Crippen molar-refractivity contribution in [1.82, 2.24) is 15.1 Å². The van der Waals surface area contributed by atoms with E-state index < -0.39 is 18.2 Å². The summed E-state index contributed by atoms with van der Waals surface area (Å²) in [6.45, 7) is 7.58. The number of hydrogen-bond acceptors (Lipinski definition) is 7. The van der Waals surface area contributed by atoms with Crippen molar-refractivity contribution >= 4 is 23.3 Å². The number of benzene rings is 1. The molecule has 4 atom stereocenters. The molecule has 0 bridgehead atoms. The normalized spacial score (nSPS) is 27.9. The summed E-state index contributed by atoms with van der Waals surface area (Å²) >= 11 is 0. The largest absolute Gasteiger partial charge is 0.377 e. The van der Waals surface area contributed by atoms with E-state index in [9.17, 15) is 14.4 Å². The highest BCUT2D eigenvalue weighted by Gasteiger charge is 2.54. The van der Waals surface area contributed by atoms with Gasteiger partial charge in [-0.2, -0.15) is 0 Å². The third kappa shape index (κ3) is 4.88. The fraction of sp³-hybridized carbons (Fsp3) is 0.667. The quantitative estimate of drug-likeness (QED) is 0.606. The molecular formula is C27H38N4O5. The number of nitrogens with one attached hydrogen (secondary N) is 1. The van der Waals surface area contributed by atoms with Gasteiger partial charge in [-0.25, -0.2) is 0 Å². The van der Waals surface area contributed by atoms with Gasteiger partial charge < -0.3 is 29.5 Å². The number of rotatable bonds is 7. The van der Waals surface area contributed by atoms with Crippen molar-refractivity contribution in [2.75, 3.05) is 57.9 Å². The predicted octanol–water partition coefficient (Wildman–Crippen LogP) is 1.31. The number of ketones is 1. The molecule has 1 aromatic rings. The van der Waals surface area contributed by atoms with Crippen molar-refractivity contribution in [3.05, 3.63) is 29.8 Å². The van der Waals surface area contributed by atoms with E-state index in [0.717, 1.165) is 64.1 Å². The number of Topliss-reactive ketones (excluding diaryl/α,β-unsaturated/α-hetero) is 1. The number of carbonyl (C=O) groups excluding carboxylic acids is 3. The fourth-order valence-corrected chi connectivity index (χ4v) is 6.27. The number of anilines is 1. The molecule has 1 aliphatic carbocycles. The number of likely N-dealkylation sites (N-methyl/N-ethyl adjacent to an activating group) is 1. The molecular weight excluding hydrogens is 460 g/mol. The second kappa shape index (κ2) is 10.9. The van der Waals surface area contributed by atoms with E-state index in [1.165, 1.54) is 0 Å². The Morgan fingerprint density at radius 1 is 1.11 bits per heavy atom. The van der Waals surface area contributed by atoms with Crippen LogP contribution in [-0.4, -0.2) is 105 Å². The lowest BCUT2D eigenvalue weighted by atomic mass is 9.95. The van der Waals surface area contributed by atoms with Gasteiger partial charge in [0.1, 0.15) is 30.9 Å². The third-order valence-electron chi connectivity index (χ3n) is 8.46. The minimum Gasteiger partial charge on any atom is -0.377 e. The maximum Gasteiger partial charge on any atom is 0.251 e. The van der Waals surface area contributed by atoms with E-state index in [0.29, 0.717) is 12.1 Å². The molecule has 4 aliphatic rings. The van der Waals surface area contributed by atoms with E-state index in [1.807, 2.05) is 24.3 Å². The van der Waals surface area contributed by atoms with Gasteiger partial charge in [0, 0.05) is 44.5 Å². The summed E-state index contributed by atoms with van der Waals surface area (Å²) in [6, 6.07) is 6.38. The second-order valence-corrected chi connectivity index (χ2v) is 10.4. The molecule has 196 valence electrons. The van der Waals surface area contributed by atoms with Gasteiger partial charge in [0.25, 0.3) is 5.91 Å². The Bertz CT molecular complexity index is 955. The smallest absolute Gasteiger partial charge is 0.251 e. The number of piperazine rings is 1. The lowest BCUT2D eigenvalue weighted by Crippen LogP contribution is -2.54. The minimum atomic E-state index is -0.661. The van der Waals surface area contributed by atoms with E-state index in [-0.39, 0.29) is 36.2 Å². The van der Waals surface area contributed by atoms with Gasteiger partial charge in [0.15, 0.2) is 5.78 Å². The molecule has 1 aromatic carbocycles. The number of likely N-dealkylation sites (tertiary alicyclic amines) is 1. The van der Waals surface area contributed by atoms with Gasteiger partial charge in [0.05, 0.1) is 6.54 Å². The van der Waals surface area contributed by atoms with Crippen molar-refractivity contribution < 1.29 is 23.9 Å². The summed E-state index contributed by atoms with van der Waals surface area (Å²) in [6.07, 6.45) is 3.09. The number of methoxy groups -OCH3 is 1. The zero-order valence-corrected chi connectivity index (χ0v) is 21.4. The van der Waals surface area contributed by atoms with Crippen LogP contribution in [0.3, 0.4) is 0 Å². The maximum absolute atomic E-state index is 13.8. The molecule has 36 heavy (non-hydrogen) atoms. The van der Waals surface area contributed by atoms with E-state index in [1.54, 1.807) is 12.0 Å². The summed E-state index contributed by atoms with van der Waals surface area (Å²) < 4.78 is 11.2. The van der Waals surface area contributed by atoms with Crippen LogP contribution in [0.5, 0.6) is 0 Å². The molecule has 2 amide bonds. The predicted molar refractivity (Wildman–Crippen MR) is 135 cm³/mol. The Hall–Kier alpha value is -2.49. The molecule has 0 spiro atoms. The lowest BCUT2D eigenvalue weighted by Gasteiger charge is -2.35. The van der Waals surface area contributed by atoms with E-state index in [4.69, 9.17) is 9.47 Å². The number of ether oxygens (including phenoxy) is 2. The van der Waals surface area contributed by atoms with Crippen molar-refractivity contribution in [3.8, 4) is 0 Å². The number of nitrogens with zero attached hydrogens (tertiary/aromatic N) is 3. The third-order valence-corrected chi connectivity index (χ3v) is 8.46. The fourth-order valence-electron chi connectivity index (χ4n) is 6.27. The first kappa shape index (κ1) is 25.2. The summed E-state index contributed by atoms with van der Waals surface area (Å²) in [5.41, 5.74) is 1.65. The first-order valence-electron chi connectivity index (χ1n) is 13.4. The standard InChI is InChI=1S/C27H38N4O5/c1-3-29-12-14-30(15-13-29)20-10-8-19(9-11-20)26(33)28-23(18-6-4-5-7-18)27(34)31-16-22(35-2)25-24(31)21(32)17-36-25/h8-11,18,22-25H,3-7,12-17H2,1-2H3,(H,28,33)/t22-,23+,24-,25-/m1/s1. The highest BCUT2D eigenvalue weighted by Crippen LogP contribution is 2.33. The maximum atomic E-state index is 13.8.